The van der Waals surface area contributed by atoms with Gasteiger partial charge < -0.3 is 10.6 Å². The quantitative estimate of drug-likeness (QED) is 0.853. The first-order valence-electron chi connectivity index (χ1n) is 6.16. The zero-order valence-corrected chi connectivity index (χ0v) is 11.2. The molecule has 0 heterocycles. The summed E-state index contributed by atoms with van der Waals surface area (Å²) < 4.78 is 0. The minimum absolute atomic E-state index is 0.694. The third kappa shape index (κ3) is 3.05. The van der Waals surface area contributed by atoms with E-state index in [-0.39, 0.29) is 0 Å². The second-order valence-electron chi connectivity index (χ2n) is 4.71. The Balaban J connectivity index is 2.18. The van der Waals surface area contributed by atoms with Gasteiger partial charge in [0.1, 0.15) is 0 Å². The summed E-state index contributed by atoms with van der Waals surface area (Å²) in [6.07, 6.45) is 0. The molecule has 3 heteroatoms. The summed E-state index contributed by atoms with van der Waals surface area (Å²) in [6.45, 7) is 2.77. The monoisotopic (exact) mass is 251 g/mol. The maximum absolute atomic E-state index is 8.90. The van der Waals surface area contributed by atoms with E-state index in [9.17, 15) is 0 Å². The third-order valence-corrected chi connectivity index (χ3v) is 3.17. The summed E-state index contributed by atoms with van der Waals surface area (Å²) in [5.74, 6) is 0. The molecule has 0 aliphatic carbocycles. The molecule has 2 N–H and O–H groups in total. The van der Waals surface area contributed by atoms with Gasteiger partial charge in [0.25, 0.3) is 0 Å². The van der Waals surface area contributed by atoms with Gasteiger partial charge in [-0.25, -0.2) is 0 Å². The molecule has 0 amide bonds. The highest BCUT2D eigenvalue weighted by Crippen LogP contribution is 2.21. The molecular weight excluding hydrogens is 234 g/mol. The summed E-state index contributed by atoms with van der Waals surface area (Å²) >= 11 is 0. The molecule has 0 saturated heterocycles. The number of rotatable bonds is 3. The maximum atomic E-state index is 8.90. The van der Waals surface area contributed by atoms with Crippen molar-refractivity contribution in [3.63, 3.8) is 0 Å². The van der Waals surface area contributed by atoms with Gasteiger partial charge >= 0.3 is 0 Å². The number of anilines is 2. The molecule has 0 spiro atoms. The Labute approximate surface area is 113 Å². The van der Waals surface area contributed by atoms with Crippen LogP contribution in [0.25, 0.3) is 0 Å². The smallest absolute Gasteiger partial charge is 0.0991 e. The summed E-state index contributed by atoms with van der Waals surface area (Å²) in [5, 5.41) is 8.90. The molecule has 2 aromatic rings. The van der Waals surface area contributed by atoms with E-state index in [1.165, 1.54) is 0 Å². The number of benzene rings is 2. The van der Waals surface area contributed by atoms with E-state index in [1.54, 1.807) is 0 Å². The molecule has 0 unspecified atom stereocenters. The van der Waals surface area contributed by atoms with E-state index >= 15 is 0 Å². The van der Waals surface area contributed by atoms with E-state index in [0.29, 0.717) is 5.56 Å². The van der Waals surface area contributed by atoms with Gasteiger partial charge in [-0.2, -0.15) is 5.26 Å². The second kappa shape index (κ2) is 5.45. The van der Waals surface area contributed by atoms with Crippen molar-refractivity contribution in [1.82, 2.24) is 0 Å². The number of nitrogens with two attached hydrogens (primary N) is 1. The van der Waals surface area contributed by atoms with Crippen molar-refractivity contribution in [1.29, 1.82) is 5.26 Å². The molecule has 2 aromatic carbocycles. The van der Waals surface area contributed by atoms with Gasteiger partial charge in [0.2, 0.25) is 0 Å². The lowest BCUT2D eigenvalue weighted by Gasteiger charge is -2.20. The predicted octanol–water partition coefficient (Wildman–Crippen LogP) is 3.09. The van der Waals surface area contributed by atoms with Crippen LogP contribution in [0.3, 0.4) is 0 Å². The van der Waals surface area contributed by atoms with E-state index in [2.05, 4.69) is 17.0 Å². The average molecular weight is 251 g/mol. The Kier molecular flexibility index (Phi) is 3.72. The average Bonchev–Trinajstić information content (AvgIpc) is 2.42. The van der Waals surface area contributed by atoms with E-state index in [0.717, 1.165) is 29.0 Å². The number of nitriles is 1. The lowest BCUT2D eigenvalue weighted by molar-refractivity contribution is 0.922. The molecule has 2 rings (SSSR count). The summed E-state index contributed by atoms with van der Waals surface area (Å²) in [6, 6.07) is 15.8. The van der Waals surface area contributed by atoms with Crippen LogP contribution in [0.4, 0.5) is 11.4 Å². The minimum Gasteiger partial charge on any atom is -0.399 e. The Morgan fingerprint density at radius 1 is 1.21 bits per heavy atom. The molecule has 3 nitrogen and oxygen atoms in total. The zero-order chi connectivity index (χ0) is 13.8. The number of hydrogen-bond donors (Lipinski definition) is 1. The van der Waals surface area contributed by atoms with Crippen LogP contribution >= 0.6 is 0 Å². The molecule has 0 atom stereocenters. The van der Waals surface area contributed by atoms with E-state index in [1.807, 2.05) is 50.4 Å². The summed E-state index contributed by atoms with van der Waals surface area (Å²) in [5.41, 5.74) is 10.6. The Hall–Kier alpha value is -2.47. The number of aryl methyl sites for hydroxylation is 1. The molecular formula is C16H17N3. The van der Waals surface area contributed by atoms with Crippen molar-refractivity contribution in [2.24, 2.45) is 0 Å². The molecule has 0 fully saturated rings. The maximum Gasteiger partial charge on any atom is 0.0991 e. The standard InChI is InChI=1S/C16H17N3/c1-12-8-15(6-7-16(12)18)19(2)11-14-5-3-4-13(9-14)10-17/h3-9H,11,18H2,1-2H3. The highest BCUT2D eigenvalue weighted by Gasteiger charge is 2.04. The predicted molar refractivity (Wildman–Crippen MR) is 78.9 cm³/mol. The minimum atomic E-state index is 0.694. The van der Waals surface area contributed by atoms with Crippen LogP contribution in [-0.2, 0) is 6.54 Å². The van der Waals surface area contributed by atoms with Crippen molar-refractivity contribution in [3.8, 4) is 6.07 Å². The molecule has 0 aliphatic heterocycles. The first-order valence-corrected chi connectivity index (χ1v) is 6.16. The Bertz CT molecular complexity index is 626. The molecule has 96 valence electrons. The summed E-state index contributed by atoms with van der Waals surface area (Å²) in [7, 11) is 2.03. The lowest BCUT2D eigenvalue weighted by Crippen LogP contribution is -2.16. The van der Waals surface area contributed by atoms with Crippen LogP contribution in [0.2, 0.25) is 0 Å². The Morgan fingerprint density at radius 3 is 2.68 bits per heavy atom. The third-order valence-electron chi connectivity index (χ3n) is 3.17. The van der Waals surface area contributed by atoms with Crippen LogP contribution in [-0.4, -0.2) is 7.05 Å². The topological polar surface area (TPSA) is 53.0 Å². The van der Waals surface area contributed by atoms with Gasteiger partial charge in [0.15, 0.2) is 0 Å². The van der Waals surface area contributed by atoms with Crippen molar-refractivity contribution in [2.75, 3.05) is 17.7 Å². The van der Waals surface area contributed by atoms with Crippen LogP contribution in [0, 0.1) is 18.3 Å². The fraction of sp³-hybridized carbons (Fsp3) is 0.188. The number of nitrogen functional groups attached to an aromatic ring is 1. The second-order valence-corrected chi connectivity index (χ2v) is 4.71. The first kappa shape index (κ1) is 13.0. The van der Waals surface area contributed by atoms with Crippen molar-refractivity contribution in [2.45, 2.75) is 13.5 Å². The number of nitrogens with zero attached hydrogens (tertiary/aromatic N) is 2. The number of hydrogen-bond acceptors (Lipinski definition) is 3. The van der Waals surface area contributed by atoms with Gasteiger partial charge in [-0.05, 0) is 48.4 Å². The molecule has 19 heavy (non-hydrogen) atoms. The molecule has 0 aliphatic rings. The van der Waals surface area contributed by atoms with Gasteiger partial charge in [-0.15, -0.1) is 0 Å². The van der Waals surface area contributed by atoms with Crippen LogP contribution in [0.1, 0.15) is 16.7 Å². The van der Waals surface area contributed by atoms with E-state index in [4.69, 9.17) is 11.0 Å². The molecule has 0 aromatic heterocycles. The molecule has 0 saturated carbocycles. The van der Waals surface area contributed by atoms with Gasteiger partial charge in [-0.1, -0.05) is 12.1 Å². The molecule has 0 bridgehead atoms. The van der Waals surface area contributed by atoms with Crippen molar-refractivity contribution < 1.29 is 0 Å². The largest absolute Gasteiger partial charge is 0.399 e. The Morgan fingerprint density at radius 2 is 2.00 bits per heavy atom. The van der Waals surface area contributed by atoms with Crippen molar-refractivity contribution >= 4 is 11.4 Å². The van der Waals surface area contributed by atoms with Crippen LogP contribution in [0.5, 0.6) is 0 Å². The highest BCUT2D eigenvalue weighted by molar-refractivity contribution is 5.57. The van der Waals surface area contributed by atoms with Crippen LogP contribution in [0.15, 0.2) is 42.5 Å². The van der Waals surface area contributed by atoms with Gasteiger partial charge in [0.05, 0.1) is 11.6 Å². The highest BCUT2D eigenvalue weighted by atomic mass is 15.1. The van der Waals surface area contributed by atoms with Crippen LogP contribution < -0.4 is 10.6 Å². The molecule has 0 radical (unpaired) electrons. The van der Waals surface area contributed by atoms with Crippen molar-refractivity contribution in [3.05, 3.63) is 59.2 Å². The van der Waals surface area contributed by atoms with Gasteiger partial charge in [-0.3, -0.25) is 0 Å². The fourth-order valence-electron chi connectivity index (χ4n) is 2.00. The van der Waals surface area contributed by atoms with E-state index < -0.39 is 0 Å². The SMILES string of the molecule is Cc1cc(N(C)Cc2cccc(C#N)c2)ccc1N. The first-order chi connectivity index (χ1) is 9.10. The zero-order valence-electron chi connectivity index (χ0n) is 11.2. The fourth-order valence-corrected chi connectivity index (χ4v) is 2.00. The summed E-state index contributed by atoms with van der Waals surface area (Å²) in [4.78, 5) is 2.14. The normalized spacial score (nSPS) is 9.95. The lowest BCUT2D eigenvalue weighted by atomic mass is 10.1. The van der Waals surface area contributed by atoms with Gasteiger partial charge in [0, 0.05) is 25.0 Å².